The van der Waals surface area contributed by atoms with Gasteiger partial charge in [0.05, 0.1) is 10.6 Å². The van der Waals surface area contributed by atoms with Gasteiger partial charge in [-0.3, -0.25) is 9.59 Å². The molecule has 0 aliphatic rings. The third-order valence-electron chi connectivity index (χ3n) is 2.94. The van der Waals surface area contributed by atoms with Crippen molar-refractivity contribution in [3.63, 3.8) is 0 Å². The largest absolute Gasteiger partial charge is 0.481 e. The number of hydrogen-bond acceptors (Lipinski definition) is 4. The zero-order chi connectivity index (χ0) is 15.9. The lowest BCUT2D eigenvalue weighted by Crippen LogP contribution is -2.24. The van der Waals surface area contributed by atoms with E-state index in [1.807, 2.05) is 0 Å². The van der Waals surface area contributed by atoms with Crippen LogP contribution in [0.2, 0.25) is 0 Å². The summed E-state index contributed by atoms with van der Waals surface area (Å²) in [4.78, 5) is 22.3. The summed E-state index contributed by atoms with van der Waals surface area (Å²) >= 11 is 0. The van der Waals surface area contributed by atoms with Gasteiger partial charge in [0.1, 0.15) is 0 Å². The van der Waals surface area contributed by atoms with Crippen LogP contribution in [0.25, 0.3) is 0 Å². The number of rotatable bonds is 8. The molecule has 0 aliphatic heterocycles. The summed E-state index contributed by atoms with van der Waals surface area (Å²) in [6.07, 6.45) is 1.12. The van der Waals surface area contributed by atoms with Crippen LogP contribution in [-0.4, -0.2) is 37.7 Å². The number of carbonyl (C=O) groups excluding carboxylic acids is 1. The Morgan fingerprint density at radius 1 is 1.24 bits per heavy atom. The highest BCUT2D eigenvalue weighted by Gasteiger charge is 2.14. The maximum atomic E-state index is 11.9. The van der Waals surface area contributed by atoms with Crippen LogP contribution in [0.3, 0.4) is 0 Å². The molecule has 1 aromatic rings. The smallest absolute Gasteiger partial charge is 0.303 e. The second kappa shape index (κ2) is 7.78. The van der Waals surface area contributed by atoms with Gasteiger partial charge in [-0.05, 0) is 31.0 Å². The number of sulfone groups is 1. The van der Waals surface area contributed by atoms with Crippen molar-refractivity contribution in [2.45, 2.75) is 31.1 Å². The first-order valence-electron chi connectivity index (χ1n) is 6.69. The van der Waals surface area contributed by atoms with E-state index >= 15 is 0 Å². The average Bonchev–Trinajstić information content (AvgIpc) is 2.46. The van der Waals surface area contributed by atoms with Crippen LogP contribution in [0.15, 0.2) is 29.2 Å². The van der Waals surface area contributed by atoms with Gasteiger partial charge in [-0.25, -0.2) is 8.42 Å². The summed E-state index contributed by atoms with van der Waals surface area (Å²) < 4.78 is 23.5. The maximum Gasteiger partial charge on any atom is 0.303 e. The van der Waals surface area contributed by atoms with Crippen molar-refractivity contribution < 1.29 is 23.1 Å². The molecular formula is C14H19NO5S. The Hall–Kier alpha value is -1.89. The van der Waals surface area contributed by atoms with Crippen molar-refractivity contribution in [1.82, 2.24) is 5.32 Å². The summed E-state index contributed by atoms with van der Waals surface area (Å²) in [5.41, 5.74) is 0.280. The van der Waals surface area contributed by atoms with Crippen LogP contribution in [0.1, 0.15) is 36.5 Å². The van der Waals surface area contributed by atoms with Crippen molar-refractivity contribution in [3.05, 3.63) is 29.8 Å². The third kappa shape index (κ3) is 5.55. The van der Waals surface area contributed by atoms with Gasteiger partial charge in [0, 0.05) is 18.5 Å². The molecule has 0 heterocycles. The summed E-state index contributed by atoms with van der Waals surface area (Å²) in [6, 6.07) is 5.89. The summed E-state index contributed by atoms with van der Waals surface area (Å²) in [6.45, 7) is 1.90. The monoisotopic (exact) mass is 313 g/mol. The Bertz CT molecular complexity index is 610. The number of nitrogens with one attached hydrogen (secondary N) is 1. The quantitative estimate of drug-likeness (QED) is 0.708. The normalized spacial score (nSPS) is 11.1. The zero-order valence-electron chi connectivity index (χ0n) is 11.8. The number of unbranched alkanes of at least 4 members (excludes halogenated alkanes) is 1. The molecule has 0 spiro atoms. The summed E-state index contributed by atoms with van der Waals surface area (Å²) in [7, 11) is -3.34. The Kier molecular flexibility index (Phi) is 6.36. The first-order chi connectivity index (χ1) is 9.86. The fraction of sp³-hybridized carbons (Fsp3) is 0.429. The maximum absolute atomic E-state index is 11.9. The van der Waals surface area contributed by atoms with Crippen LogP contribution < -0.4 is 5.32 Å². The van der Waals surface area contributed by atoms with Gasteiger partial charge in [0.15, 0.2) is 9.84 Å². The second-order valence-corrected chi connectivity index (χ2v) is 6.82. The van der Waals surface area contributed by atoms with E-state index in [0.717, 1.165) is 0 Å². The Morgan fingerprint density at radius 3 is 2.57 bits per heavy atom. The van der Waals surface area contributed by atoms with Crippen LogP contribution in [0.4, 0.5) is 0 Å². The van der Waals surface area contributed by atoms with E-state index in [0.29, 0.717) is 19.4 Å². The minimum Gasteiger partial charge on any atom is -0.481 e. The van der Waals surface area contributed by atoms with E-state index in [1.165, 1.54) is 18.2 Å². The highest BCUT2D eigenvalue weighted by atomic mass is 32.2. The molecule has 0 aliphatic carbocycles. The van der Waals surface area contributed by atoms with Crippen LogP contribution >= 0.6 is 0 Å². The van der Waals surface area contributed by atoms with Crippen LogP contribution in [0.5, 0.6) is 0 Å². The van der Waals surface area contributed by atoms with E-state index < -0.39 is 15.8 Å². The number of benzene rings is 1. The van der Waals surface area contributed by atoms with Gasteiger partial charge in [0.2, 0.25) is 0 Å². The molecule has 0 bridgehead atoms. The average molecular weight is 313 g/mol. The zero-order valence-corrected chi connectivity index (χ0v) is 12.6. The fourth-order valence-electron chi connectivity index (χ4n) is 1.70. The lowest BCUT2D eigenvalue weighted by molar-refractivity contribution is -0.137. The molecule has 0 fully saturated rings. The molecule has 116 valence electrons. The van der Waals surface area contributed by atoms with Crippen molar-refractivity contribution in [3.8, 4) is 0 Å². The second-order valence-electron chi connectivity index (χ2n) is 4.54. The molecule has 2 N–H and O–H groups in total. The van der Waals surface area contributed by atoms with E-state index in [9.17, 15) is 18.0 Å². The van der Waals surface area contributed by atoms with Gasteiger partial charge in [-0.15, -0.1) is 0 Å². The molecule has 0 atom stereocenters. The van der Waals surface area contributed by atoms with E-state index in [-0.39, 0.29) is 28.5 Å². The predicted molar refractivity (Wildman–Crippen MR) is 78.0 cm³/mol. The number of carbonyl (C=O) groups is 2. The highest BCUT2D eigenvalue weighted by Crippen LogP contribution is 2.13. The highest BCUT2D eigenvalue weighted by molar-refractivity contribution is 7.91. The fourth-order valence-corrected chi connectivity index (χ4v) is 2.63. The summed E-state index contributed by atoms with van der Waals surface area (Å²) in [5.74, 6) is -1.25. The molecule has 0 aromatic heterocycles. The van der Waals surface area contributed by atoms with E-state index in [4.69, 9.17) is 5.11 Å². The molecule has 0 radical (unpaired) electrons. The molecule has 0 unspecified atom stereocenters. The molecular weight excluding hydrogens is 294 g/mol. The number of carboxylic acids is 1. The van der Waals surface area contributed by atoms with Crippen molar-refractivity contribution in [2.24, 2.45) is 0 Å². The minimum absolute atomic E-state index is 0.0206. The van der Waals surface area contributed by atoms with Gasteiger partial charge < -0.3 is 10.4 Å². The standard InChI is InChI=1S/C14H19NO5S/c1-2-21(19,20)12-7-5-6-11(10-12)14(18)15-9-4-3-8-13(16)17/h5-7,10H,2-4,8-9H2,1H3,(H,15,18)(H,16,17). The third-order valence-corrected chi connectivity index (χ3v) is 4.67. The summed E-state index contributed by atoms with van der Waals surface area (Å²) in [5, 5.41) is 11.1. The van der Waals surface area contributed by atoms with Crippen molar-refractivity contribution in [1.29, 1.82) is 0 Å². The molecule has 7 heteroatoms. The van der Waals surface area contributed by atoms with Gasteiger partial charge in [-0.2, -0.15) is 0 Å². The van der Waals surface area contributed by atoms with E-state index in [2.05, 4.69) is 5.32 Å². The minimum atomic E-state index is -3.34. The lowest BCUT2D eigenvalue weighted by Gasteiger charge is -2.07. The molecule has 1 rings (SSSR count). The molecule has 0 saturated carbocycles. The molecule has 1 amide bonds. The van der Waals surface area contributed by atoms with Gasteiger partial charge in [0.25, 0.3) is 5.91 Å². The number of aliphatic carboxylic acids is 1. The Labute approximate surface area is 124 Å². The molecule has 6 nitrogen and oxygen atoms in total. The van der Waals surface area contributed by atoms with Gasteiger partial charge in [-0.1, -0.05) is 13.0 Å². The first kappa shape index (κ1) is 17.2. The Morgan fingerprint density at radius 2 is 1.95 bits per heavy atom. The van der Waals surface area contributed by atoms with Crippen molar-refractivity contribution in [2.75, 3.05) is 12.3 Å². The molecule has 0 saturated heterocycles. The first-order valence-corrected chi connectivity index (χ1v) is 8.35. The van der Waals surface area contributed by atoms with Crippen molar-refractivity contribution >= 4 is 21.7 Å². The van der Waals surface area contributed by atoms with Crippen LogP contribution in [0, 0.1) is 0 Å². The molecule has 1 aromatic carbocycles. The van der Waals surface area contributed by atoms with E-state index in [1.54, 1.807) is 13.0 Å². The topological polar surface area (TPSA) is 101 Å². The number of carboxylic acid groups (broad SMARTS) is 1. The number of amides is 1. The molecule has 21 heavy (non-hydrogen) atoms. The SMILES string of the molecule is CCS(=O)(=O)c1cccc(C(=O)NCCCCC(=O)O)c1. The number of hydrogen-bond donors (Lipinski definition) is 2. The Balaban J connectivity index is 2.59. The lowest BCUT2D eigenvalue weighted by atomic mass is 10.2. The van der Waals surface area contributed by atoms with Gasteiger partial charge >= 0.3 is 5.97 Å². The van der Waals surface area contributed by atoms with Crippen LogP contribution in [-0.2, 0) is 14.6 Å². The predicted octanol–water partition coefficient (Wildman–Crippen LogP) is 1.46.